The number of hydrogen-bond acceptors (Lipinski definition) is 5. The van der Waals surface area contributed by atoms with E-state index in [4.69, 9.17) is 16.3 Å². The number of nitrogens with zero attached hydrogens (tertiary/aromatic N) is 3. The molecule has 0 saturated carbocycles. The molecule has 2 aromatic rings. The first-order valence-electron chi connectivity index (χ1n) is 11.1. The van der Waals surface area contributed by atoms with E-state index >= 15 is 0 Å². The number of ether oxygens (including phenoxy) is 1. The van der Waals surface area contributed by atoms with E-state index in [0.29, 0.717) is 67.9 Å². The van der Waals surface area contributed by atoms with Crippen molar-refractivity contribution in [2.24, 2.45) is 5.92 Å². The molecule has 2 aliphatic heterocycles. The second-order valence-corrected chi connectivity index (χ2v) is 9.05. The number of halogens is 2. The summed E-state index contributed by atoms with van der Waals surface area (Å²) in [7, 11) is 0. The minimum atomic E-state index is -0.416. The first kappa shape index (κ1) is 23.6. The van der Waals surface area contributed by atoms with Gasteiger partial charge in [0, 0.05) is 51.2 Å². The number of pyridine rings is 1. The van der Waals surface area contributed by atoms with Gasteiger partial charge in [-0.3, -0.25) is 19.5 Å². The molecule has 1 N–H and O–H groups in total. The predicted molar refractivity (Wildman–Crippen MR) is 124 cm³/mol. The van der Waals surface area contributed by atoms with Gasteiger partial charge in [0.2, 0.25) is 5.91 Å². The molecule has 9 heteroatoms. The number of aromatic nitrogens is 1. The largest absolute Gasteiger partial charge is 0.381 e. The fourth-order valence-corrected chi connectivity index (χ4v) is 4.38. The Kier molecular flexibility index (Phi) is 7.26. The number of anilines is 1. The Morgan fingerprint density at radius 3 is 2.64 bits per heavy atom. The lowest BCUT2D eigenvalue weighted by Gasteiger charge is -2.36. The van der Waals surface area contributed by atoms with Crippen LogP contribution in [0, 0.1) is 25.6 Å². The summed E-state index contributed by atoms with van der Waals surface area (Å²) in [5, 5.41) is 3.18. The molecule has 0 radical (unpaired) electrons. The number of amides is 2. The summed E-state index contributed by atoms with van der Waals surface area (Å²) in [4.78, 5) is 33.5. The average Bonchev–Trinajstić information content (AvgIpc) is 3.34. The van der Waals surface area contributed by atoms with Gasteiger partial charge in [0.1, 0.15) is 5.82 Å². The van der Waals surface area contributed by atoms with Gasteiger partial charge >= 0.3 is 0 Å². The van der Waals surface area contributed by atoms with Gasteiger partial charge in [0.25, 0.3) is 5.91 Å². The molecule has 1 aromatic carbocycles. The molecule has 0 bridgehead atoms. The number of carbonyl (C=O) groups excluding carboxylic acids is 2. The Balaban J connectivity index is 1.40. The van der Waals surface area contributed by atoms with E-state index in [2.05, 4.69) is 15.2 Å². The third-order valence-corrected chi connectivity index (χ3v) is 6.76. The number of benzene rings is 1. The molecule has 2 amide bonds. The van der Waals surface area contributed by atoms with Crippen molar-refractivity contribution in [3.05, 3.63) is 57.6 Å². The lowest BCUT2D eigenvalue weighted by Crippen LogP contribution is -2.50. The van der Waals surface area contributed by atoms with E-state index in [1.54, 1.807) is 13.0 Å². The zero-order chi connectivity index (χ0) is 23.5. The first-order chi connectivity index (χ1) is 15.8. The molecule has 4 rings (SSSR count). The third kappa shape index (κ3) is 5.51. The van der Waals surface area contributed by atoms with Crippen molar-refractivity contribution in [3.63, 3.8) is 0 Å². The fourth-order valence-electron chi connectivity index (χ4n) is 4.21. The number of aryl methyl sites for hydroxylation is 1. The molecule has 2 aliphatic rings. The minimum Gasteiger partial charge on any atom is -0.381 e. The molecule has 1 unspecified atom stereocenters. The van der Waals surface area contributed by atoms with Gasteiger partial charge in [-0.05, 0) is 49.6 Å². The van der Waals surface area contributed by atoms with Crippen LogP contribution in [0.3, 0.4) is 0 Å². The van der Waals surface area contributed by atoms with Crippen LogP contribution in [0.4, 0.5) is 10.1 Å². The van der Waals surface area contributed by atoms with Crippen LogP contribution in [-0.4, -0.2) is 66.0 Å². The van der Waals surface area contributed by atoms with Crippen LogP contribution >= 0.6 is 11.6 Å². The van der Waals surface area contributed by atoms with Gasteiger partial charge in [-0.2, -0.15) is 0 Å². The summed E-state index contributed by atoms with van der Waals surface area (Å²) < 4.78 is 19.7. The molecule has 33 heavy (non-hydrogen) atoms. The molecule has 1 atom stereocenters. The monoisotopic (exact) mass is 474 g/mol. The maximum absolute atomic E-state index is 14.4. The molecule has 2 fully saturated rings. The van der Waals surface area contributed by atoms with Gasteiger partial charge in [0.05, 0.1) is 28.8 Å². The van der Waals surface area contributed by atoms with Crippen LogP contribution in [0.2, 0.25) is 5.02 Å². The summed E-state index contributed by atoms with van der Waals surface area (Å²) in [6, 6.07) is 4.37. The maximum atomic E-state index is 14.4. The van der Waals surface area contributed by atoms with Gasteiger partial charge in [-0.1, -0.05) is 11.6 Å². The number of rotatable bonds is 5. The van der Waals surface area contributed by atoms with Crippen LogP contribution in [-0.2, 0) is 16.1 Å². The zero-order valence-electron chi connectivity index (χ0n) is 18.9. The second kappa shape index (κ2) is 10.2. The lowest BCUT2D eigenvalue weighted by molar-refractivity contribution is -0.137. The zero-order valence-corrected chi connectivity index (χ0v) is 19.6. The molecular weight excluding hydrogens is 447 g/mol. The van der Waals surface area contributed by atoms with Crippen molar-refractivity contribution in [3.8, 4) is 0 Å². The van der Waals surface area contributed by atoms with E-state index in [0.717, 1.165) is 17.5 Å². The predicted octanol–water partition coefficient (Wildman–Crippen LogP) is 3.42. The molecule has 3 heterocycles. The SMILES string of the molecule is Cc1ncc(C(=O)Nc2cc(F)cc(CN3CCN(C(=O)C4CCOC4)CC3)c2C)cc1Cl. The normalized spacial score (nSPS) is 19.0. The van der Waals surface area contributed by atoms with Crippen molar-refractivity contribution in [1.29, 1.82) is 0 Å². The van der Waals surface area contributed by atoms with Gasteiger partial charge < -0.3 is 15.0 Å². The Morgan fingerprint density at radius 1 is 1.21 bits per heavy atom. The molecule has 2 saturated heterocycles. The van der Waals surface area contributed by atoms with E-state index in [9.17, 15) is 14.0 Å². The van der Waals surface area contributed by atoms with E-state index in [-0.39, 0.29) is 11.8 Å². The summed E-state index contributed by atoms with van der Waals surface area (Å²) in [6.45, 7) is 8.05. The number of carbonyl (C=O) groups is 2. The smallest absolute Gasteiger partial charge is 0.257 e. The Hall–Kier alpha value is -2.55. The van der Waals surface area contributed by atoms with Crippen LogP contribution in [0.15, 0.2) is 24.4 Å². The number of nitrogens with one attached hydrogen (secondary N) is 1. The van der Waals surface area contributed by atoms with Crippen molar-refractivity contribution >= 4 is 29.1 Å². The summed E-state index contributed by atoms with van der Waals surface area (Å²) in [5.41, 5.74) is 2.97. The highest BCUT2D eigenvalue weighted by Gasteiger charge is 2.30. The Morgan fingerprint density at radius 2 is 1.97 bits per heavy atom. The minimum absolute atomic E-state index is 0.0215. The van der Waals surface area contributed by atoms with Crippen molar-refractivity contribution in [2.45, 2.75) is 26.8 Å². The summed E-state index contributed by atoms with van der Waals surface area (Å²) in [6.07, 6.45) is 2.24. The molecule has 0 spiro atoms. The first-order valence-corrected chi connectivity index (χ1v) is 11.5. The quantitative estimate of drug-likeness (QED) is 0.718. The van der Waals surface area contributed by atoms with Crippen LogP contribution in [0.1, 0.15) is 33.6 Å². The van der Waals surface area contributed by atoms with E-state index in [1.807, 2.05) is 11.8 Å². The Labute approximate surface area is 197 Å². The molecule has 7 nitrogen and oxygen atoms in total. The topological polar surface area (TPSA) is 74.8 Å². The van der Waals surface area contributed by atoms with E-state index < -0.39 is 11.7 Å². The summed E-state index contributed by atoms with van der Waals surface area (Å²) >= 11 is 6.08. The second-order valence-electron chi connectivity index (χ2n) is 8.64. The summed E-state index contributed by atoms with van der Waals surface area (Å²) in [5.74, 6) is -0.662. The highest BCUT2D eigenvalue weighted by Crippen LogP contribution is 2.25. The fraction of sp³-hybridized carbons (Fsp3) is 0.458. The van der Waals surface area contributed by atoms with E-state index in [1.165, 1.54) is 18.3 Å². The van der Waals surface area contributed by atoms with Crippen molar-refractivity contribution in [2.75, 3.05) is 44.7 Å². The molecule has 176 valence electrons. The van der Waals surface area contributed by atoms with Crippen molar-refractivity contribution < 1.29 is 18.7 Å². The van der Waals surface area contributed by atoms with Gasteiger partial charge in [-0.25, -0.2) is 4.39 Å². The highest BCUT2D eigenvalue weighted by atomic mass is 35.5. The molecule has 1 aromatic heterocycles. The maximum Gasteiger partial charge on any atom is 0.257 e. The van der Waals surface area contributed by atoms with Crippen LogP contribution < -0.4 is 5.32 Å². The lowest BCUT2D eigenvalue weighted by atomic mass is 10.0. The third-order valence-electron chi connectivity index (χ3n) is 6.37. The molecular formula is C24H28ClFN4O3. The van der Waals surface area contributed by atoms with Crippen molar-refractivity contribution in [1.82, 2.24) is 14.8 Å². The van der Waals surface area contributed by atoms with Gasteiger partial charge in [-0.15, -0.1) is 0 Å². The van der Waals surface area contributed by atoms with Crippen LogP contribution in [0.25, 0.3) is 0 Å². The number of piperazine rings is 1. The standard InChI is InChI=1S/C24H28ClFN4O3/c1-15-19(13-29-4-6-30(7-5-29)24(32)17-3-8-33-14-17)9-20(26)11-22(15)28-23(31)18-10-21(25)16(2)27-12-18/h9-12,17H,3-8,13-14H2,1-2H3,(H,28,31). The number of hydrogen-bond donors (Lipinski definition) is 1. The molecule has 0 aliphatic carbocycles. The highest BCUT2D eigenvalue weighted by molar-refractivity contribution is 6.31. The van der Waals surface area contributed by atoms with Gasteiger partial charge in [0.15, 0.2) is 0 Å². The van der Waals surface area contributed by atoms with Crippen LogP contribution in [0.5, 0.6) is 0 Å². The average molecular weight is 475 g/mol. The Bertz CT molecular complexity index is 1050.